The Hall–Kier alpha value is -2.19. The fourth-order valence-electron chi connectivity index (χ4n) is 3.44. The van der Waals surface area contributed by atoms with Crippen LogP contribution in [0, 0.1) is 0 Å². The van der Waals surface area contributed by atoms with Gasteiger partial charge in [0.15, 0.2) is 0 Å². The summed E-state index contributed by atoms with van der Waals surface area (Å²) in [5.74, 6) is 0. The van der Waals surface area contributed by atoms with Crippen molar-refractivity contribution in [1.29, 1.82) is 0 Å². The highest BCUT2D eigenvalue weighted by atomic mass is 32.1. The maximum atomic E-state index is 13.8. The number of hydrogen-bond acceptors (Lipinski definition) is 4. The Morgan fingerprint density at radius 1 is 1.04 bits per heavy atom. The number of alkyl halides is 3. The van der Waals surface area contributed by atoms with Crippen molar-refractivity contribution in [3.63, 3.8) is 0 Å². The predicted octanol–water partition coefficient (Wildman–Crippen LogP) is 3.20. The molecular weight excluding hydrogens is 385 g/mol. The summed E-state index contributed by atoms with van der Waals surface area (Å²) < 4.78 is 44.0. The van der Waals surface area contributed by atoms with E-state index in [1.807, 2.05) is 48.8 Å². The van der Waals surface area contributed by atoms with Crippen LogP contribution in [0.3, 0.4) is 0 Å². The molecule has 0 saturated carbocycles. The average molecular weight is 407 g/mol. The molecule has 0 aromatic heterocycles. The fourth-order valence-corrected chi connectivity index (χ4v) is 4.51. The number of nitrogens with zero attached hydrogens (tertiary/aromatic N) is 4. The summed E-state index contributed by atoms with van der Waals surface area (Å²) in [7, 11) is 5.90. The maximum Gasteiger partial charge on any atom is 0.418 e. The Labute approximate surface area is 165 Å². The maximum absolute atomic E-state index is 13.8. The molecule has 0 amide bonds. The number of benzene rings is 2. The molecule has 148 valence electrons. The van der Waals surface area contributed by atoms with E-state index in [1.54, 1.807) is 6.07 Å². The van der Waals surface area contributed by atoms with E-state index in [0.717, 1.165) is 36.4 Å². The number of rotatable bonds is 1. The first-order valence-corrected chi connectivity index (χ1v) is 9.94. The van der Waals surface area contributed by atoms with Crippen LogP contribution in [0.1, 0.15) is 5.56 Å². The minimum absolute atomic E-state index is 0.0282. The van der Waals surface area contributed by atoms with Gasteiger partial charge >= 0.3 is 6.18 Å². The van der Waals surface area contributed by atoms with E-state index in [1.165, 1.54) is 17.4 Å². The molecule has 4 nitrogen and oxygen atoms in total. The zero-order valence-electron chi connectivity index (χ0n) is 16.0. The van der Waals surface area contributed by atoms with Crippen LogP contribution in [-0.2, 0) is 6.18 Å². The van der Waals surface area contributed by atoms with Crippen molar-refractivity contribution in [1.82, 2.24) is 14.5 Å². The van der Waals surface area contributed by atoms with Gasteiger partial charge in [0.1, 0.15) is 14.1 Å². The van der Waals surface area contributed by atoms with Crippen LogP contribution in [0.5, 0.6) is 0 Å². The topological polar surface area (TPSA) is 22.4 Å². The highest BCUT2D eigenvalue weighted by Crippen LogP contribution is 2.40. The Morgan fingerprint density at radius 2 is 1.75 bits per heavy atom. The summed E-state index contributed by atoms with van der Waals surface area (Å²) in [6, 6.07) is 8.75. The Morgan fingerprint density at radius 3 is 2.39 bits per heavy atom. The van der Waals surface area contributed by atoms with E-state index >= 15 is 0 Å². The monoisotopic (exact) mass is 407 g/mol. The second-order valence-electron chi connectivity index (χ2n) is 7.39. The normalized spacial score (nSPS) is 16.1. The van der Waals surface area contributed by atoms with Gasteiger partial charge in [-0.3, -0.25) is 0 Å². The van der Waals surface area contributed by atoms with Gasteiger partial charge in [-0.1, -0.05) is 0 Å². The number of fused-ring (bicyclic) bond motifs is 2. The van der Waals surface area contributed by atoms with Crippen LogP contribution in [0.15, 0.2) is 30.3 Å². The largest absolute Gasteiger partial charge is 0.418 e. The second kappa shape index (κ2) is 7.00. The molecule has 1 fully saturated rings. The first kappa shape index (κ1) is 19.1. The van der Waals surface area contributed by atoms with Crippen molar-refractivity contribution < 1.29 is 13.2 Å². The van der Waals surface area contributed by atoms with Gasteiger partial charge in [-0.2, -0.15) is 13.2 Å². The van der Waals surface area contributed by atoms with Crippen LogP contribution in [-0.4, -0.2) is 57.2 Å². The standard InChI is InChI=1S/C20H22F3N4S/c1-25(2)13-4-5-16-17(11-13)28-18-12-14(27-8-6-26(3)7-9-27)10-15(19(18)24-16)20(21,22)23/h4-5,10-12H,6-9H2,1-3H3/q+1. The van der Waals surface area contributed by atoms with Crippen molar-refractivity contribution in [2.24, 2.45) is 0 Å². The molecule has 4 rings (SSSR count). The van der Waals surface area contributed by atoms with Crippen LogP contribution in [0.25, 0.3) is 20.8 Å². The molecule has 0 radical (unpaired) electrons. The molecule has 2 aliphatic heterocycles. The number of halogens is 3. The molecule has 2 heterocycles. The molecule has 0 unspecified atom stereocenters. The first-order chi connectivity index (χ1) is 13.2. The lowest BCUT2D eigenvalue weighted by Crippen LogP contribution is -2.44. The number of hydrogen-bond donors (Lipinski definition) is 0. The van der Waals surface area contributed by atoms with Gasteiger partial charge in [-0.15, -0.1) is 11.3 Å². The third kappa shape index (κ3) is 3.58. The summed E-state index contributed by atoms with van der Waals surface area (Å²) in [6.07, 6.45) is -4.45. The van der Waals surface area contributed by atoms with Crippen molar-refractivity contribution in [2.45, 2.75) is 6.18 Å². The van der Waals surface area contributed by atoms with Crippen LogP contribution in [0.4, 0.5) is 18.9 Å². The van der Waals surface area contributed by atoms with E-state index in [4.69, 9.17) is 0 Å². The molecule has 3 aliphatic rings. The Bertz CT molecular complexity index is 1060. The van der Waals surface area contributed by atoms with Crippen molar-refractivity contribution >= 4 is 27.2 Å². The molecule has 0 atom stereocenters. The summed E-state index contributed by atoms with van der Waals surface area (Å²) >= 11 is 1.37. The summed E-state index contributed by atoms with van der Waals surface area (Å²) in [4.78, 5) is 9.48. The third-order valence-corrected chi connectivity index (χ3v) is 6.22. The molecule has 1 aliphatic carbocycles. The van der Waals surface area contributed by atoms with Gasteiger partial charge in [0.2, 0.25) is 5.36 Å². The molecule has 0 N–H and O–H groups in total. The summed E-state index contributed by atoms with van der Waals surface area (Å²) in [5, 5.41) is 0.996. The van der Waals surface area contributed by atoms with Crippen molar-refractivity contribution in [3.8, 4) is 10.6 Å². The first-order valence-electron chi connectivity index (χ1n) is 9.12. The lowest BCUT2D eigenvalue weighted by atomic mass is 10.1. The van der Waals surface area contributed by atoms with E-state index in [0.29, 0.717) is 16.1 Å². The highest BCUT2D eigenvalue weighted by Gasteiger charge is 2.35. The molecule has 0 spiro atoms. The minimum Gasteiger partial charge on any atom is -0.369 e. The van der Waals surface area contributed by atoms with Gasteiger partial charge in [0.25, 0.3) is 0 Å². The van der Waals surface area contributed by atoms with E-state index in [-0.39, 0.29) is 5.52 Å². The summed E-state index contributed by atoms with van der Waals surface area (Å²) in [6.45, 7) is 3.11. The number of aromatic nitrogens is 1. The van der Waals surface area contributed by atoms with E-state index < -0.39 is 11.7 Å². The second-order valence-corrected chi connectivity index (χ2v) is 8.47. The van der Waals surface area contributed by atoms with Gasteiger partial charge in [0.05, 0.1) is 26.4 Å². The lowest BCUT2D eigenvalue weighted by Gasteiger charge is -2.34. The average Bonchev–Trinajstić information content (AvgIpc) is 2.64. The molecule has 1 aromatic rings. The summed E-state index contributed by atoms with van der Waals surface area (Å²) in [5.41, 5.74) is 0.573. The molecule has 0 bridgehead atoms. The van der Waals surface area contributed by atoms with Gasteiger partial charge in [-0.25, -0.2) is 9.56 Å². The quantitative estimate of drug-likeness (QED) is 0.457. The molecular formula is C20H22F3N4S+. The van der Waals surface area contributed by atoms with E-state index in [9.17, 15) is 13.2 Å². The van der Waals surface area contributed by atoms with Crippen LogP contribution < -0.4 is 14.8 Å². The predicted molar refractivity (Wildman–Crippen MR) is 108 cm³/mol. The van der Waals surface area contributed by atoms with Gasteiger partial charge in [0, 0.05) is 44.0 Å². The Balaban J connectivity index is 1.94. The zero-order chi connectivity index (χ0) is 20.1. The van der Waals surface area contributed by atoms with Crippen LogP contribution >= 0.6 is 11.3 Å². The number of anilines is 1. The zero-order valence-corrected chi connectivity index (χ0v) is 16.9. The Kier molecular flexibility index (Phi) is 4.79. The van der Waals surface area contributed by atoms with Gasteiger partial charge < -0.3 is 9.80 Å². The molecule has 1 aromatic carbocycles. The minimum atomic E-state index is -4.45. The van der Waals surface area contributed by atoms with E-state index in [2.05, 4.69) is 9.88 Å². The third-order valence-electron chi connectivity index (χ3n) is 5.15. The molecule has 8 heteroatoms. The van der Waals surface area contributed by atoms with Crippen molar-refractivity contribution in [3.05, 3.63) is 41.3 Å². The van der Waals surface area contributed by atoms with Gasteiger partial charge in [-0.05, 0) is 25.2 Å². The fraction of sp³-hybridized carbons (Fsp3) is 0.400. The highest BCUT2D eigenvalue weighted by molar-refractivity contribution is 7.21. The number of likely N-dealkylation sites (N-methyl/N-ethyl adjacent to an activating group) is 1. The smallest absolute Gasteiger partial charge is 0.369 e. The molecule has 1 saturated heterocycles. The van der Waals surface area contributed by atoms with Crippen molar-refractivity contribution in [2.75, 3.05) is 52.2 Å². The number of piperazine rings is 1. The van der Waals surface area contributed by atoms with Crippen LogP contribution in [0.2, 0.25) is 0 Å². The SMILES string of the molecule is CN1CCN(c2cc(C(F)(F)F)c3nc4ccc(=[N+](C)C)cc-4sc3c2)CC1. The molecule has 28 heavy (non-hydrogen) atoms. The lowest BCUT2D eigenvalue weighted by molar-refractivity contribution is -0.136.